The van der Waals surface area contributed by atoms with Crippen molar-refractivity contribution >= 4 is 23.4 Å². The van der Waals surface area contributed by atoms with E-state index in [4.69, 9.17) is 4.74 Å². The first-order valence-corrected chi connectivity index (χ1v) is 11.1. The molecule has 2 N–H and O–H groups in total. The number of aryl methyl sites for hydroxylation is 1. The molecule has 3 amide bonds. The van der Waals surface area contributed by atoms with Gasteiger partial charge in [0.25, 0.3) is 5.91 Å². The number of hydrogen-bond donors (Lipinski definition) is 2. The van der Waals surface area contributed by atoms with Crippen LogP contribution in [0.25, 0.3) is 0 Å². The second-order valence-electron chi connectivity index (χ2n) is 8.16. The number of piperidine rings is 1. The molecule has 0 saturated carbocycles. The molecule has 1 saturated heterocycles. The smallest absolute Gasteiger partial charge is 0.253 e. The number of likely N-dealkylation sites (tertiary alicyclic amines) is 1. The van der Waals surface area contributed by atoms with Crippen molar-refractivity contribution in [2.45, 2.75) is 45.6 Å². The van der Waals surface area contributed by atoms with Crippen LogP contribution in [0.15, 0.2) is 48.5 Å². The van der Waals surface area contributed by atoms with Gasteiger partial charge in [0.15, 0.2) is 0 Å². The van der Waals surface area contributed by atoms with Crippen LogP contribution in [0, 0.1) is 6.92 Å². The van der Waals surface area contributed by atoms with Crippen LogP contribution in [0.3, 0.4) is 0 Å². The predicted molar refractivity (Wildman–Crippen MR) is 124 cm³/mol. The topological polar surface area (TPSA) is 87.7 Å². The van der Waals surface area contributed by atoms with Crippen molar-refractivity contribution < 1.29 is 19.1 Å². The number of carbonyl (C=O) groups excluding carboxylic acids is 3. The SMILES string of the molecule is CC(=O)Nc1cccc(C(=O)N2CCC(NC(=O)CCCOc3ccc(C)cc3)CC2)c1. The highest BCUT2D eigenvalue weighted by atomic mass is 16.5. The zero-order valence-corrected chi connectivity index (χ0v) is 18.7. The Morgan fingerprint density at radius 3 is 2.47 bits per heavy atom. The molecule has 7 nitrogen and oxygen atoms in total. The molecule has 0 spiro atoms. The maximum absolute atomic E-state index is 12.8. The number of rotatable bonds is 8. The van der Waals surface area contributed by atoms with Crippen LogP contribution in [0.1, 0.15) is 48.5 Å². The minimum absolute atomic E-state index is 0.0188. The Bertz CT molecular complexity index is 934. The molecular formula is C25H31N3O4. The maximum atomic E-state index is 12.8. The molecule has 32 heavy (non-hydrogen) atoms. The van der Waals surface area contributed by atoms with Gasteiger partial charge < -0.3 is 20.3 Å². The van der Waals surface area contributed by atoms with Crippen molar-refractivity contribution in [1.29, 1.82) is 0 Å². The second-order valence-corrected chi connectivity index (χ2v) is 8.16. The van der Waals surface area contributed by atoms with Gasteiger partial charge in [0.2, 0.25) is 11.8 Å². The number of amides is 3. The third-order valence-corrected chi connectivity index (χ3v) is 5.42. The standard InChI is InChI=1S/C25H31N3O4/c1-18-8-10-23(11-9-18)32-16-4-7-24(30)27-21-12-14-28(15-13-21)25(31)20-5-3-6-22(17-20)26-19(2)29/h3,5-6,8-11,17,21H,4,7,12-16H2,1-2H3,(H,26,29)(H,27,30). The number of nitrogens with zero attached hydrogens (tertiary/aromatic N) is 1. The Hall–Kier alpha value is -3.35. The summed E-state index contributed by atoms with van der Waals surface area (Å²) in [5.74, 6) is 0.601. The molecule has 2 aromatic rings. The average molecular weight is 438 g/mol. The monoisotopic (exact) mass is 437 g/mol. The summed E-state index contributed by atoms with van der Waals surface area (Å²) in [6, 6.07) is 14.9. The highest BCUT2D eigenvalue weighted by Gasteiger charge is 2.24. The van der Waals surface area contributed by atoms with Crippen molar-refractivity contribution in [3.8, 4) is 5.75 Å². The molecule has 2 aromatic carbocycles. The minimum atomic E-state index is -0.173. The predicted octanol–water partition coefficient (Wildman–Crippen LogP) is 3.53. The number of hydrogen-bond acceptors (Lipinski definition) is 4. The molecule has 0 bridgehead atoms. The Kier molecular flexibility index (Phi) is 8.25. The van der Waals surface area contributed by atoms with Gasteiger partial charge in [-0.25, -0.2) is 0 Å². The zero-order valence-electron chi connectivity index (χ0n) is 18.7. The maximum Gasteiger partial charge on any atom is 0.253 e. The molecule has 0 aromatic heterocycles. The van der Waals surface area contributed by atoms with E-state index in [0.717, 1.165) is 18.6 Å². The number of anilines is 1. The normalized spacial score (nSPS) is 14.0. The first-order valence-electron chi connectivity index (χ1n) is 11.1. The van der Waals surface area contributed by atoms with E-state index in [1.807, 2.05) is 31.2 Å². The lowest BCUT2D eigenvalue weighted by Gasteiger charge is -2.32. The Morgan fingerprint density at radius 1 is 1.06 bits per heavy atom. The zero-order chi connectivity index (χ0) is 22.9. The van der Waals surface area contributed by atoms with E-state index in [9.17, 15) is 14.4 Å². The summed E-state index contributed by atoms with van der Waals surface area (Å²) in [6.45, 7) is 5.14. The quantitative estimate of drug-likeness (QED) is 0.619. The van der Waals surface area contributed by atoms with Crippen LogP contribution in [-0.4, -0.2) is 48.4 Å². The summed E-state index contributed by atoms with van der Waals surface area (Å²) in [6.07, 6.45) is 2.52. The summed E-state index contributed by atoms with van der Waals surface area (Å²) in [7, 11) is 0. The van der Waals surface area contributed by atoms with Crippen LogP contribution in [-0.2, 0) is 9.59 Å². The van der Waals surface area contributed by atoms with Crippen molar-refractivity contribution in [2.75, 3.05) is 25.0 Å². The first-order chi connectivity index (χ1) is 15.4. The van der Waals surface area contributed by atoms with Gasteiger partial charge in [-0.15, -0.1) is 0 Å². The minimum Gasteiger partial charge on any atom is -0.494 e. The average Bonchev–Trinajstić information content (AvgIpc) is 2.78. The second kappa shape index (κ2) is 11.3. The van der Waals surface area contributed by atoms with Crippen LogP contribution in [0.2, 0.25) is 0 Å². The van der Waals surface area contributed by atoms with E-state index in [2.05, 4.69) is 10.6 Å². The van der Waals surface area contributed by atoms with E-state index in [-0.39, 0.29) is 23.8 Å². The van der Waals surface area contributed by atoms with Gasteiger partial charge in [0.1, 0.15) is 5.75 Å². The van der Waals surface area contributed by atoms with E-state index in [1.165, 1.54) is 12.5 Å². The lowest BCUT2D eigenvalue weighted by Crippen LogP contribution is -2.46. The van der Waals surface area contributed by atoms with E-state index in [1.54, 1.807) is 29.2 Å². The lowest BCUT2D eigenvalue weighted by atomic mass is 10.0. The number of benzene rings is 2. The number of ether oxygens (including phenoxy) is 1. The van der Waals surface area contributed by atoms with E-state index in [0.29, 0.717) is 43.8 Å². The Morgan fingerprint density at radius 2 is 1.78 bits per heavy atom. The van der Waals surface area contributed by atoms with Crippen molar-refractivity contribution in [3.63, 3.8) is 0 Å². The van der Waals surface area contributed by atoms with Crippen LogP contribution in [0.5, 0.6) is 5.75 Å². The van der Waals surface area contributed by atoms with Gasteiger partial charge in [-0.1, -0.05) is 23.8 Å². The summed E-state index contributed by atoms with van der Waals surface area (Å²) >= 11 is 0. The van der Waals surface area contributed by atoms with Gasteiger partial charge in [-0.05, 0) is 56.5 Å². The summed E-state index contributed by atoms with van der Waals surface area (Å²) in [4.78, 5) is 38.1. The molecule has 0 radical (unpaired) electrons. The van der Waals surface area contributed by atoms with Gasteiger partial charge >= 0.3 is 0 Å². The Balaban J connectivity index is 1.37. The molecular weight excluding hydrogens is 406 g/mol. The molecule has 7 heteroatoms. The fraction of sp³-hybridized carbons (Fsp3) is 0.400. The van der Waals surface area contributed by atoms with Gasteiger partial charge in [0, 0.05) is 43.7 Å². The third kappa shape index (κ3) is 7.11. The molecule has 1 aliphatic heterocycles. The number of nitrogens with one attached hydrogen (secondary N) is 2. The fourth-order valence-corrected chi connectivity index (χ4v) is 3.70. The molecule has 1 aliphatic rings. The molecule has 170 valence electrons. The number of carbonyl (C=O) groups is 3. The Labute approximate surface area is 189 Å². The molecule has 3 rings (SSSR count). The lowest BCUT2D eigenvalue weighted by molar-refractivity contribution is -0.122. The molecule has 0 aliphatic carbocycles. The van der Waals surface area contributed by atoms with Crippen LogP contribution >= 0.6 is 0 Å². The summed E-state index contributed by atoms with van der Waals surface area (Å²) in [5.41, 5.74) is 2.34. The van der Waals surface area contributed by atoms with Crippen LogP contribution < -0.4 is 15.4 Å². The van der Waals surface area contributed by atoms with E-state index < -0.39 is 0 Å². The largest absolute Gasteiger partial charge is 0.494 e. The van der Waals surface area contributed by atoms with Gasteiger partial charge in [-0.2, -0.15) is 0 Å². The summed E-state index contributed by atoms with van der Waals surface area (Å²) < 4.78 is 5.67. The van der Waals surface area contributed by atoms with Crippen molar-refractivity contribution in [2.24, 2.45) is 0 Å². The fourth-order valence-electron chi connectivity index (χ4n) is 3.70. The van der Waals surface area contributed by atoms with Gasteiger partial charge in [0.05, 0.1) is 6.61 Å². The molecule has 1 fully saturated rings. The molecule has 0 unspecified atom stereocenters. The van der Waals surface area contributed by atoms with Crippen molar-refractivity contribution in [3.05, 3.63) is 59.7 Å². The summed E-state index contributed by atoms with van der Waals surface area (Å²) in [5, 5.41) is 5.77. The van der Waals surface area contributed by atoms with Gasteiger partial charge in [-0.3, -0.25) is 14.4 Å². The molecule has 0 atom stereocenters. The highest BCUT2D eigenvalue weighted by molar-refractivity contribution is 5.96. The van der Waals surface area contributed by atoms with E-state index >= 15 is 0 Å². The first kappa shape index (κ1) is 23.3. The van der Waals surface area contributed by atoms with Crippen molar-refractivity contribution in [1.82, 2.24) is 10.2 Å². The van der Waals surface area contributed by atoms with Crippen LogP contribution in [0.4, 0.5) is 5.69 Å². The third-order valence-electron chi connectivity index (χ3n) is 5.42. The molecule has 1 heterocycles. The highest BCUT2D eigenvalue weighted by Crippen LogP contribution is 2.17.